The molecule has 0 aromatic carbocycles. The van der Waals surface area contributed by atoms with Crippen LogP contribution in [0.3, 0.4) is 0 Å². The minimum absolute atomic E-state index is 0.0380. The van der Waals surface area contributed by atoms with Gasteiger partial charge in [0.1, 0.15) is 0 Å². The predicted molar refractivity (Wildman–Crippen MR) is 68.1 cm³/mol. The monoisotopic (exact) mass is 266 g/mol. The number of nitrogens with one attached hydrogen (secondary N) is 2. The van der Waals surface area contributed by atoms with Crippen molar-refractivity contribution in [3.63, 3.8) is 0 Å². The Balaban J connectivity index is 1.92. The van der Waals surface area contributed by atoms with E-state index in [2.05, 4.69) is 20.2 Å². The van der Waals surface area contributed by atoms with E-state index < -0.39 is 11.9 Å². The molecule has 7 nitrogen and oxygen atoms in total. The Morgan fingerprint density at radius 2 is 2.21 bits per heavy atom. The van der Waals surface area contributed by atoms with E-state index in [-0.39, 0.29) is 17.4 Å². The molecule has 1 unspecified atom stereocenters. The molecule has 0 radical (unpaired) electrons. The molecule has 1 amide bonds. The lowest BCUT2D eigenvalue weighted by atomic mass is 10.2. The Morgan fingerprint density at radius 3 is 2.84 bits per heavy atom. The van der Waals surface area contributed by atoms with Gasteiger partial charge < -0.3 is 20.3 Å². The van der Waals surface area contributed by atoms with Crippen LogP contribution in [0.4, 0.5) is 0 Å². The molecule has 0 saturated carbocycles. The minimum atomic E-state index is -1.19. The number of carboxylic acids is 1. The number of amides is 1. The third-order valence-electron chi connectivity index (χ3n) is 3.18. The highest BCUT2D eigenvalue weighted by Crippen LogP contribution is 2.08. The van der Waals surface area contributed by atoms with Gasteiger partial charge in [0, 0.05) is 12.6 Å². The Kier molecular flexibility index (Phi) is 4.16. The zero-order valence-corrected chi connectivity index (χ0v) is 10.8. The standard InChI is InChI=1S/C12H18N4O3/c1-8(6-16-4-2-3-5-16)15-11(17)9-10(12(18)19)14-7-13-9/h7-8H,2-6H2,1H3,(H,13,14)(H,15,17)(H,18,19). The maximum absolute atomic E-state index is 11.9. The van der Waals surface area contributed by atoms with Gasteiger partial charge in [0.15, 0.2) is 11.4 Å². The molecule has 1 saturated heterocycles. The molecule has 1 aromatic rings. The number of aromatic carboxylic acids is 1. The summed E-state index contributed by atoms with van der Waals surface area (Å²) in [5.74, 6) is -1.64. The number of imidazole rings is 1. The van der Waals surface area contributed by atoms with E-state index in [9.17, 15) is 9.59 Å². The summed E-state index contributed by atoms with van der Waals surface area (Å²) in [7, 11) is 0. The first-order valence-corrected chi connectivity index (χ1v) is 6.38. The largest absolute Gasteiger partial charge is 0.477 e. The van der Waals surface area contributed by atoms with Crippen molar-refractivity contribution >= 4 is 11.9 Å². The highest BCUT2D eigenvalue weighted by molar-refractivity contribution is 6.02. The number of aromatic nitrogens is 2. The molecule has 1 aromatic heterocycles. The number of aromatic amines is 1. The molecule has 1 fully saturated rings. The summed E-state index contributed by atoms with van der Waals surface area (Å²) in [6.45, 7) is 4.80. The molecule has 0 spiro atoms. The number of carbonyl (C=O) groups is 2. The van der Waals surface area contributed by atoms with Crippen molar-refractivity contribution in [1.82, 2.24) is 20.2 Å². The van der Waals surface area contributed by atoms with Gasteiger partial charge in [0.2, 0.25) is 0 Å². The quantitative estimate of drug-likeness (QED) is 0.713. The molecule has 1 aliphatic rings. The van der Waals surface area contributed by atoms with E-state index in [4.69, 9.17) is 5.11 Å². The molecule has 3 N–H and O–H groups in total. The van der Waals surface area contributed by atoms with Crippen LogP contribution >= 0.6 is 0 Å². The Labute approximate surface area is 111 Å². The van der Waals surface area contributed by atoms with E-state index in [1.165, 1.54) is 19.2 Å². The smallest absolute Gasteiger partial charge is 0.354 e. The summed E-state index contributed by atoms with van der Waals surface area (Å²) in [5, 5.41) is 11.7. The summed E-state index contributed by atoms with van der Waals surface area (Å²) in [6, 6.07) is -0.0380. The van der Waals surface area contributed by atoms with Crippen LogP contribution in [-0.2, 0) is 0 Å². The highest BCUT2D eigenvalue weighted by atomic mass is 16.4. The fourth-order valence-electron chi connectivity index (χ4n) is 2.32. The minimum Gasteiger partial charge on any atom is -0.477 e. The van der Waals surface area contributed by atoms with Crippen LogP contribution in [0.25, 0.3) is 0 Å². The molecule has 0 aliphatic carbocycles. The molecule has 7 heteroatoms. The van der Waals surface area contributed by atoms with Crippen molar-refractivity contribution in [3.05, 3.63) is 17.7 Å². The van der Waals surface area contributed by atoms with E-state index in [1.54, 1.807) is 0 Å². The second kappa shape index (κ2) is 5.83. The molecule has 19 heavy (non-hydrogen) atoms. The zero-order valence-electron chi connectivity index (χ0n) is 10.8. The molecule has 1 atom stereocenters. The molecule has 1 aliphatic heterocycles. The third-order valence-corrected chi connectivity index (χ3v) is 3.18. The van der Waals surface area contributed by atoms with Gasteiger partial charge in [0.05, 0.1) is 6.33 Å². The van der Waals surface area contributed by atoms with Gasteiger partial charge in [-0.3, -0.25) is 4.79 Å². The highest BCUT2D eigenvalue weighted by Gasteiger charge is 2.22. The van der Waals surface area contributed by atoms with Gasteiger partial charge in [-0.15, -0.1) is 0 Å². The lowest BCUT2D eigenvalue weighted by molar-refractivity contribution is 0.0684. The van der Waals surface area contributed by atoms with Crippen molar-refractivity contribution in [3.8, 4) is 0 Å². The van der Waals surface area contributed by atoms with Crippen LogP contribution in [0, 0.1) is 0 Å². The van der Waals surface area contributed by atoms with Gasteiger partial charge in [0.25, 0.3) is 5.91 Å². The maximum Gasteiger partial charge on any atom is 0.354 e. The number of rotatable bonds is 5. The first kappa shape index (κ1) is 13.5. The van der Waals surface area contributed by atoms with E-state index in [0.29, 0.717) is 0 Å². The Bertz CT molecular complexity index is 465. The number of H-pyrrole nitrogens is 1. The average molecular weight is 266 g/mol. The van der Waals surface area contributed by atoms with Crippen molar-refractivity contribution in [1.29, 1.82) is 0 Å². The van der Waals surface area contributed by atoms with Crippen LogP contribution in [0.2, 0.25) is 0 Å². The Hall–Kier alpha value is -1.89. The fraction of sp³-hybridized carbons (Fsp3) is 0.583. The van der Waals surface area contributed by atoms with Crippen molar-refractivity contribution in [2.45, 2.75) is 25.8 Å². The molecule has 2 rings (SSSR count). The topological polar surface area (TPSA) is 98.3 Å². The normalized spacial score (nSPS) is 17.3. The number of hydrogen-bond acceptors (Lipinski definition) is 4. The summed E-state index contributed by atoms with van der Waals surface area (Å²) in [6.07, 6.45) is 3.61. The van der Waals surface area contributed by atoms with Crippen LogP contribution in [0.1, 0.15) is 40.7 Å². The summed E-state index contributed by atoms with van der Waals surface area (Å²) >= 11 is 0. The molecule has 2 heterocycles. The van der Waals surface area contributed by atoms with Gasteiger partial charge >= 0.3 is 5.97 Å². The second-order valence-corrected chi connectivity index (χ2v) is 4.81. The molecular formula is C12H18N4O3. The lowest BCUT2D eigenvalue weighted by Gasteiger charge is -2.20. The Morgan fingerprint density at radius 1 is 1.53 bits per heavy atom. The summed E-state index contributed by atoms with van der Waals surface area (Å²) in [4.78, 5) is 31.3. The number of carboxylic acid groups (broad SMARTS) is 1. The van der Waals surface area contributed by atoms with Crippen molar-refractivity contribution < 1.29 is 14.7 Å². The number of carbonyl (C=O) groups excluding carboxylic acids is 1. The maximum atomic E-state index is 11.9. The van der Waals surface area contributed by atoms with Crippen molar-refractivity contribution in [2.75, 3.05) is 19.6 Å². The van der Waals surface area contributed by atoms with Gasteiger partial charge in [-0.25, -0.2) is 9.78 Å². The number of nitrogens with zero attached hydrogens (tertiary/aromatic N) is 2. The summed E-state index contributed by atoms with van der Waals surface area (Å²) < 4.78 is 0. The predicted octanol–water partition coefficient (Wildman–Crippen LogP) is 0.322. The van der Waals surface area contributed by atoms with Crippen LogP contribution in [0.5, 0.6) is 0 Å². The fourth-order valence-corrected chi connectivity index (χ4v) is 2.32. The first-order valence-electron chi connectivity index (χ1n) is 6.38. The van der Waals surface area contributed by atoms with Crippen LogP contribution < -0.4 is 5.32 Å². The van der Waals surface area contributed by atoms with E-state index >= 15 is 0 Å². The van der Waals surface area contributed by atoms with E-state index in [0.717, 1.165) is 19.6 Å². The molecule has 104 valence electrons. The van der Waals surface area contributed by atoms with Crippen molar-refractivity contribution in [2.24, 2.45) is 0 Å². The zero-order chi connectivity index (χ0) is 13.8. The summed E-state index contributed by atoms with van der Waals surface area (Å²) in [5.41, 5.74) is -0.244. The third kappa shape index (κ3) is 3.31. The van der Waals surface area contributed by atoms with Crippen LogP contribution in [-0.4, -0.2) is 57.5 Å². The van der Waals surface area contributed by atoms with Gasteiger partial charge in [-0.1, -0.05) is 0 Å². The van der Waals surface area contributed by atoms with Gasteiger partial charge in [-0.05, 0) is 32.9 Å². The molecular weight excluding hydrogens is 248 g/mol. The lowest BCUT2D eigenvalue weighted by Crippen LogP contribution is -2.41. The van der Waals surface area contributed by atoms with Crippen LogP contribution in [0.15, 0.2) is 6.33 Å². The second-order valence-electron chi connectivity index (χ2n) is 4.81. The average Bonchev–Trinajstić information content (AvgIpc) is 2.97. The number of likely N-dealkylation sites (tertiary alicyclic amines) is 1. The SMILES string of the molecule is CC(CN1CCCC1)NC(=O)c1nc[nH]c1C(=O)O. The van der Waals surface area contributed by atoms with E-state index in [1.807, 2.05) is 6.92 Å². The number of hydrogen-bond donors (Lipinski definition) is 3. The first-order chi connectivity index (χ1) is 9.08. The van der Waals surface area contributed by atoms with Gasteiger partial charge in [-0.2, -0.15) is 0 Å². The molecule has 0 bridgehead atoms.